The Morgan fingerprint density at radius 1 is 1.22 bits per heavy atom. The topological polar surface area (TPSA) is 0 Å². The van der Waals surface area contributed by atoms with E-state index in [0.717, 1.165) is 0 Å². The van der Waals surface area contributed by atoms with Gasteiger partial charge in [-0.15, -0.1) is 0 Å². The lowest BCUT2D eigenvalue weighted by atomic mass is 10.2. The molecule has 0 aliphatic rings. The van der Waals surface area contributed by atoms with Crippen LogP contribution in [-0.2, 0) is 0 Å². The normalized spacial score (nSPS) is 10.3. The summed E-state index contributed by atoms with van der Waals surface area (Å²) in [6.45, 7) is 1.90. The van der Waals surface area contributed by atoms with Crippen LogP contribution in [0.2, 0.25) is 0 Å². The first-order valence-corrected chi connectivity index (χ1v) is 2.99. The first-order chi connectivity index (χ1) is 4.43. The molecule has 0 spiro atoms. The van der Waals surface area contributed by atoms with E-state index >= 15 is 0 Å². The number of hydrogen-bond acceptors (Lipinski definition) is 0. The number of hydrogen-bond donors (Lipinski definition) is 0. The van der Waals surface area contributed by atoms with Gasteiger partial charge in [0.05, 0.1) is 0 Å². The summed E-state index contributed by atoms with van der Waals surface area (Å²) in [7, 11) is 0. The maximum Gasteiger partial charge on any atom is -0.0254 e. The third-order valence-corrected chi connectivity index (χ3v) is 1.11. The predicted octanol–water partition coefficient (Wildman–Crippen LogP) is 2.52. The Labute approximate surface area is 55.8 Å². The molecular formula is C9H9. The Morgan fingerprint density at radius 3 is 2.44 bits per heavy atom. The van der Waals surface area contributed by atoms with Crippen molar-refractivity contribution in [1.29, 1.82) is 0 Å². The van der Waals surface area contributed by atoms with Gasteiger partial charge in [-0.25, -0.2) is 0 Å². The molecule has 0 aliphatic heterocycles. The van der Waals surface area contributed by atoms with Gasteiger partial charge in [0.2, 0.25) is 0 Å². The zero-order valence-corrected chi connectivity index (χ0v) is 5.46. The first-order valence-electron chi connectivity index (χ1n) is 2.99. The van der Waals surface area contributed by atoms with Gasteiger partial charge >= 0.3 is 0 Å². The molecule has 0 saturated heterocycles. The smallest absolute Gasteiger partial charge is 0.0254 e. The van der Waals surface area contributed by atoms with Gasteiger partial charge in [-0.1, -0.05) is 36.4 Å². The predicted molar refractivity (Wildman–Crippen MR) is 39.8 cm³/mol. The summed E-state index contributed by atoms with van der Waals surface area (Å²) in [6.07, 6.45) is 4.92. The molecule has 0 atom stereocenters. The molecule has 0 bridgehead atoms. The SMILES string of the molecule is C[C]=Cc1ccccc1. The Balaban J connectivity index is 2.85. The summed E-state index contributed by atoms with van der Waals surface area (Å²) in [4.78, 5) is 0. The molecule has 0 N–H and O–H groups in total. The van der Waals surface area contributed by atoms with Crippen molar-refractivity contribution in [2.75, 3.05) is 0 Å². The van der Waals surface area contributed by atoms with Crippen molar-refractivity contribution < 1.29 is 0 Å². The fourth-order valence-corrected chi connectivity index (χ4v) is 0.716. The monoisotopic (exact) mass is 117 g/mol. The summed E-state index contributed by atoms with van der Waals surface area (Å²) in [5.74, 6) is 0. The molecule has 0 heterocycles. The van der Waals surface area contributed by atoms with Crippen molar-refractivity contribution >= 4 is 6.08 Å². The highest BCUT2D eigenvalue weighted by Crippen LogP contribution is 1.98. The molecule has 0 unspecified atom stereocenters. The van der Waals surface area contributed by atoms with Gasteiger partial charge in [-0.3, -0.25) is 0 Å². The number of allylic oxidation sites excluding steroid dienone is 1. The van der Waals surface area contributed by atoms with Crippen LogP contribution >= 0.6 is 0 Å². The van der Waals surface area contributed by atoms with E-state index in [4.69, 9.17) is 0 Å². The summed E-state index contributed by atoms with van der Waals surface area (Å²) in [5.41, 5.74) is 1.21. The van der Waals surface area contributed by atoms with Gasteiger partial charge in [0.25, 0.3) is 0 Å². The van der Waals surface area contributed by atoms with E-state index in [2.05, 4.69) is 18.2 Å². The van der Waals surface area contributed by atoms with Crippen molar-refractivity contribution in [3.8, 4) is 0 Å². The van der Waals surface area contributed by atoms with E-state index in [1.165, 1.54) is 5.56 Å². The Kier molecular flexibility index (Phi) is 2.08. The van der Waals surface area contributed by atoms with Gasteiger partial charge < -0.3 is 0 Å². The number of benzene rings is 1. The minimum atomic E-state index is 1.21. The van der Waals surface area contributed by atoms with Crippen LogP contribution in [-0.4, -0.2) is 0 Å². The van der Waals surface area contributed by atoms with Gasteiger partial charge in [-0.05, 0) is 18.6 Å². The van der Waals surface area contributed by atoms with Crippen molar-refractivity contribution in [2.24, 2.45) is 0 Å². The zero-order valence-electron chi connectivity index (χ0n) is 5.46. The van der Waals surface area contributed by atoms with Crippen molar-refractivity contribution in [2.45, 2.75) is 6.92 Å². The molecule has 1 aromatic rings. The lowest BCUT2D eigenvalue weighted by molar-refractivity contribution is 1.62. The Bertz CT molecular complexity index is 184. The van der Waals surface area contributed by atoms with E-state index in [0.29, 0.717) is 0 Å². The van der Waals surface area contributed by atoms with Crippen LogP contribution in [0, 0.1) is 6.08 Å². The van der Waals surface area contributed by atoms with E-state index in [1.54, 1.807) is 0 Å². The quantitative estimate of drug-likeness (QED) is 0.530. The molecule has 45 valence electrons. The number of rotatable bonds is 1. The minimum Gasteiger partial charge on any atom is -0.0622 e. The Hall–Kier alpha value is -1.04. The maximum atomic E-state index is 2.96. The molecule has 0 saturated carbocycles. The Morgan fingerprint density at radius 2 is 1.89 bits per heavy atom. The molecule has 1 rings (SSSR count). The molecular weight excluding hydrogens is 108 g/mol. The second-order valence-corrected chi connectivity index (χ2v) is 1.84. The standard InChI is InChI=1S/C9H9/c1-2-6-9-7-4-3-5-8-9/h3-8H,1H3. The second kappa shape index (κ2) is 3.08. The van der Waals surface area contributed by atoms with Gasteiger partial charge in [0.1, 0.15) is 0 Å². The molecule has 9 heavy (non-hydrogen) atoms. The molecule has 0 amide bonds. The summed E-state index contributed by atoms with van der Waals surface area (Å²) in [6, 6.07) is 10.1. The van der Waals surface area contributed by atoms with Crippen LogP contribution in [0.25, 0.3) is 6.08 Å². The highest BCUT2D eigenvalue weighted by Gasteiger charge is 1.77. The third-order valence-electron chi connectivity index (χ3n) is 1.11. The lowest BCUT2D eigenvalue weighted by Gasteiger charge is -1.86. The summed E-state index contributed by atoms with van der Waals surface area (Å²) in [5, 5.41) is 0. The van der Waals surface area contributed by atoms with E-state index in [9.17, 15) is 0 Å². The van der Waals surface area contributed by atoms with Crippen LogP contribution in [0.15, 0.2) is 30.3 Å². The molecule has 0 aliphatic carbocycles. The second-order valence-electron chi connectivity index (χ2n) is 1.84. The average molecular weight is 117 g/mol. The molecule has 0 fully saturated rings. The van der Waals surface area contributed by atoms with Crippen LogP contribution in [0.3, 0.4) is 0 Å². The highest BCUT2D eigenvalue weighted by atomic mass is 13.8. The molecule has 0 nitrogen and oxygen atoms in total. The molecule has 0 aromatic heterocycles. The van der Waals surface area contributed by atoms with E-state index in [-0.39, 0.29) is 0 Å². The fraction of sp³-hybridized carbons (Fsp3) is 0.111. The third kappa shape index (κ3) is 1.73. The molecule has 0 heteroatoms. The van der Waals surface area contributed by atoms with Crippen LogP contribution in [0.1, 0.15) is 12.5 Å². The summed E-state index contributed by atoms with van der Waals surface area (Å²) >= 11 is 0. The van der Waals surface area contributed by atoms with Gasteiger partial charge in [0.15, 0.2) is 0 Å². The lowest BCUT2D eigenvalue weighted by Crippen LogP contribution is -1.65. The first kappa shape index (κ1) is 6.09. The summed E-state index contributed by atoms with van der Waals surface area (Å²) < 4.78 is 0. The minimum absolute atomic E-state index is 1.21. The largest absolute Gasteiger partial charge is 0.0622 e. The van der Waals surface area contributed by atoms with Crippen LogP contribution in [0.5, 0.6) is 0 Å². The van der Waals surface area contributed by atoms with Gasteiger partial charge in [0, 0.05) is 0 Å². The van der Waals surface area contributed by atoms with E-state index in [1.807, 2.05) is 31.2 Å². The zero-order chi connectivity index (χ0) is 6.53. The molecule has 1 aromatic carbocycles. The van der Waals surface area contributed by atoms with Crippen molar-refractivity contribution in [1.82, 2.24) is 0 Å². The maximum absolute atomic E-state index is 2.96. The van der Waals surface area contributed by atoms with Crippen molar-refractivity contribution in [3.63, 3.8) is 0 Å². The van der Waals surface area contributed by atoms with Gasteiger partial charge in [-0.2, -0.15) is 0 Å². The average Bonchev–Trinajstić information content (AvgIpc) is 1.91. The molecule has 1 radical (unpaired) electrons. The van der Waals surface area contributed by atoms with Crippen LogP contribution in [0.4, 0.5) is 0 Å². The van der Waals surface area contributed by atoms with Crippen molar-refractivity contribution in [3.05, 3.63) is 42.0 Å². The van der Waals surface area contributed by atoms with E-state index < -0.39 is 0 Å². The highest BCUT2D eigenvalue weighted by molar-refractivity contribution is 5.46. The van der Waals surface area contributed by atoms with Crippen LogP contribution < -0.4 is 0 Å². The fourth-order valence-electron chi connectivity index (χ4n) is 0.716.